The summed E-state index contributed by atoms with van der Waals surface area (Å²) in [5.74, 6) is -0.850. The summed E-state index contributed by atoms with van der Waals surface area (Å²) in [4.78, 5) is 21.9. The molecule has 18 heavy (non-hydrogen) atoms. The number of aromatic hydroxyl groups is 1. The van der Waals surface area contributed by atoms with E-state index in [0.29, 0.717) is 18.5 Å². The molecule has 1 aromatic rings. The summed E-state index contributed by atoms with van der Waals surface area (Å²) in [7, 11) is 0. The quantitative estimate of drug-likeness (QED) is 0.644. The number of amides is 1. The lowest BCUT2D eigenvalue weighted by Crippen LogP contribution is -2.24. The van der Waals surface area contributed by atoms with Crippen LogP contribution >= 0.6 is 0 Å². The molecule has 98 valence electrons. The first kappa shape index (κ1) is 14.0. The third-order valence-corrected chi connectivity index (χ3v) is 2.48. The van der Waals surface area contributed by atoms with E-state index in [1.54, 1.807) is 12.1 Å². The maximum atomic E-state index is 11.6. The zero-order valence-corrected chi connectivity index (χ0v) is 10.1. The van der Waals surface area contributed by atoms with Gasteiger partial charge in [0.1, 0.15) is 5.75 Å². The maximum absolute atomic E-state index is 11.6. The van der Waals surface area contributed by atoms with Crippen LogP contribution in [0, 0.1) is 0 Å². The van der Waals surface area contributed by atoms with E-state index in [-0.39, 0.29) is 18.1 Å². The number of rotatable bonds is 7. The van der Waals surface area contributed by atoms with E-state index in [9.17, 15) is 9.59 Å². The van der Waals surface area contributed by atoms with E-state index >= 15 is 0 Å². The minimum Gasteiger partial charge on any atom is -0.508 e. The van der Waals surface area contributed by atoms with Crippen molar-refractivity contribution in [2.24, 2.45) is 0 Å². The van der Waals surface area contributed by atoms with Crippen LogP contribution in [0.25, 0.3) is 0 Å². The molecule has 0 spiro atoms. The van der Waals surface area contributed by atoms with Crippen LogP contribution in [0.15, 0.2) is 24.3 Å². The Morgan fingerprint density at radius 1 is 1.06 bits per heavy atom. The smallest absolute Gasteiger partial charge is 0.303 e. The Balaban J connectivity index is 2.17. The molecule has 0 bridgehead atoms. The van der Waals surface area contributed by atoms with Gasteiger partial charge >= 0.3 is 5.97 Å². The molecule has 5 heteroatoms. The first-order chi connectivity index (χ1) is 8.59. The molecule has 1 aromatic carbocycles. The summed E-state index contributed by atoms with van der Waals surface area (Å²) in [5.41, 5.74) is 0.498. The molecule has 0 aliphatic rings. The third-order valence-electron chi connectivity index (χ3n) is 2.48. The number of benzene rings is 1. The Morgan fingerprint density at radius 3 is 2.33 bits per heavy atom. The van der Waals surface area contributed by atoms with Crippen LogP contribution in [0.4, 0.5) is 0 Å². The van der Waals surface area contributed by atoms with Crippen LogP contribution in [0.5, 0.6) is 5.75 Å². The molecule has 0 unspecified atom stereocenters. The lowest BCUT2D eigenvalue weighted by molar-refractivity contribution is -0.137. The van der Waals surface area contributed by atoms with Crippen molar-refractivity contribution >= 4 is 11.9 Å². The highest BCUT2D eigenvalue weighted by molar-refractivity contribution is 5.94. The van der Waals surface area contributed by atoms with E-state index in [2.05, 4.69) is 5.32 Å². The number of carboxylic acids is 1. The number of phenolic OH excluding ortho intramolecular Hbond substituents is 1. The highest BCUT2D eigenvalue weighted by Gasteiger charge is 2.04. The zero-order chi connectivity index (χ0) is 13.4. The molecule has 0 aliphatic heterocycles. The molecule has 0 aromatic heterocycles. The fraction of sp³-hybridized carbons (Fsp3) is 0.385. The third kappa shape index (κ3) is 5.34. The van der Waals surface area contributed by atoms with Crippen LogP contribution in [0.3, 0.4) is 0 Å². The second kappa shape index (κ2) is 7.32. The van der Waals surface area contributed by atoms with Gasteiger partial charge < -0.3 is 15.5 Å². The minimum absolute atomic E-state index is 0.125. The van der Waals surface area contributed by atoms with Gasteiger partial charge in [0.2, 0.25) is 0 Å². The van der Waals surface area contributed by atoms with E-state index in [0.717, 1.165) is 12.8 Å². The van der Waals surface area contributed by atoms with E-state index in [4.69, 9.17) is 10.2 Å². The maximum Gasteiger partial charge on any atom is 0.303 e. The number of carbonyl (C=O) groups excluding carboxylic acids is 1. The molecule has 0 atom stereocenters. The van der Waals surface area contributed by atoms with E-state index in [1.807, 2.05) is 0 Å². The summed E-state index contributed by atoms with van der Waals surface area (Å²) >= 11 is 0. The van der Waals surface area contributed by atoms with Crippen molar-refractivity contribution in [3.8, 4) is 5.75 Å². The number of carbonyl (C=O) groups is 2. The predicted octanol–water partition coefficient (Wildman–Crippen LogP) is 1.77. The molecule has 0 aliphatic carbocycles. The number of phenols is 1. The molecule has 1 rings (SSSR count). The predicted molar refractivity (Wildman–Crippen MR) is 66.5 cm³/mol. The highest BCUT2D eigenvalue weighted by Crippen LogP contribution is 2.09. The van der Waals surface area contributed by atoms with Crippen LogP contribution in [0.2, 0.25) is 0 Å². The van der Waals surface area contributed by atoms with Gasteiger partial charge in [-0.05, 0) is 37.1 Å². The molecule has 0 saturated carbocycles. The van der Waals surface area contributed by atoms with E-state index in [1.165, 1.54) is 12.1 Å². The SMILES string of the molecule is O=C(O)CCCCCNC(=O)c1ccc(O)cc1. The van der Waals surface area contributed by atoms with Crippen LogP contribution in [0.1, 0.15) is 36.0 Å². The van der Waals surface area contributed by atoms with Crippen molar-refractivity contribution in [2.45, 2.75) is 25.7 Å². The van der Waals surface area contributed by atoms with Gasteiger partial charge in [0, 0.05) is 18.5 Å². The minimum atomic E-state index is -0.789. The highest BCUT2D eigenvalue weighted by atomic mass is 16.4. The van der Waals surface area contributed by atoms with Crippen molar-refractivity contribution in [1.82, 2.24) is 5.32 Å². The van der Waals surface area contributed by atoms with Gasteiger partial charge in [0.05, 0.1) is 0 Å². The number of hydrogen-bond acceptors (Lipinski definition) is 3. The second-order valence-electron chi connectivity index (χ2n) is 4.01. The van der Waals surface area contributed by atoms with Crippen molar-refractivity contribution < 1.29 is 19.8 Å². The molecular formula is C13H17NO4. The first-order valence-corrected chi connectivity index (χ1v) is 5.88. The van der Waals surface area contributed by atoms with E-state index < -0.39 is 5.97 Å². The molecule has 0 heterocycles. The first-order valence-electron chi connectivity index (χ1n) is 5.88. The van der Waals surface area contributed by atoms with Gasteiger partial charge in [0.15, 0.2) is 0 Å². The number of nitrogens with one attached hydrogen (secondary N) is 1. The summed E-state index contributed by atoms with van der Waals surface area (Å²) in [5, 5.41) is 20.3. The molecule has 5 nitrogen and oxygen atoms in total. The topological polar surface area (TPSA) is 86.6 Å². The molecule has 0 saturated heterocycles. The summed E-state index contributed by atoms with van der Waals surface area (Å²) < 4.78 is 0. The van der Waals surface area contributed by atoms with Gasteiger partial charge in [-0.25, -0.2) is 0 Å². The van der Waals surface area contributed by atoms with Crippen LogP contribution < -0.4 is 5.32 Å². The number of unbranched alkanes of at least 4 members (excludes halogenated alkanes) is 2. The molecule has 1 amide bonds. The Bertz CT molecular complexity index is 400. The fourth-order valence-electron chi connectivity index (χ4n) is 1.49. The number of carboxylic acid groups (broad SMARTS) is 1. The fourth-order valence-corrected chi connectivity index (χ4v) is 1.49. The van der Waals surface area contributed by atoms with Gasteiger partial charge in [-0.1, -0.05) is 6.42 Å². The molecule has 0 fully saturated rings. The van der Waals surface area contributed by atoms with Gasteiger partial charge in [0.25, 0.3) is 5.91 Å². The Hall–Kier alpha value is -2.04. The van der Waals surface area contributed by atoms with Gasteiger partial charge in [-0.15, -0.1) is 0 Å². The standard InChI is InChI=1S/C13H17NO4/c15-11-7-5-10(6-8-11)13(18)14-9-3-1-2-4-12(16)17/h5-8,15H,1-4,9H2,(H,14,18)(H,16,17). The number of aliphatic carboxylic acids is 1. The van der Waals surface area contributed by atoms with Crippen LogP contribution in [-0.2, 0) is 4.79 Å². The Morgan fingerprint density at radius 2 is 1.72 bits per heavy atom. The average molecular weight is 251 g/mol. The van der Waals surface area contributed by atoms with Crippen LogP contribution in [-0.4, -0.2) is 28.6 Å². The second-order valence-corrected chi connectivity index (χ2v) is 4.01. The monoisotopic (exact) mass is 251 g/mol. The zero-order valence-electron chi connectivity index (χ0n) is 10.1. The molecular weight excluding hydrogens is 234 g/mol. The summed E-state index contributed by atoms with van der Waals surface area (Å²) in [6.45, 7) is 0.527. The van der Waals surface area contributed by atoms with Gasteiger partial charge in [-0.3, -0.25) is 9.59 Å². The average Bonchev–Trinajstić information content (AvgIpc) is 2.34. The lowest BCUT2D eigenvalue weighted by atomic mass is 10.2. The van der Waals surface area contributed by atoms with Crippen molar-refractivity contribution in [1.29, 1.82) is 0 Å². The Labute approximate surface area is 105 Å². The number of hydrogen-bond donors (Lipinski definition) is 3. The lowest BCUT2D eigenvalue weighted by Gasteiger charge is -2.04. The van der Waals surface area contributed by atoms with Crippen molar-refractivity contribution in [2.75, 3.05) is 6.54 Å². The molecule has 3 N–H and O–H groups in total. The Kier molecular flexibility index (Phi) is 5.70. The summed E-state index contributed by atoms with van der Waals surface area (Å²) in [6.07, 6.45) is 2.34. The van der Waals surface area contributed by atoms with Crippen molar-refractivity contribution in [3.05, 3.63) is 29.8 Å². The van der Waals surface area contributed by atoms with Gasteiger partial charge in [-0.2, -0.15) is 0 Å². The van der Waals surface area contributed by atoms with Crippen molar-refractivity contribution in [3.63, 3.8) is 0 Å². The summed E-state index contributed by atoms with van der Waals surface area (Å²) in [6, 6.07) is 6.02. The molecule has 0 radical (unpaired) electrons. The largest absolute Gasteiger partial charge is 0.508 e. The normalized spacial score (nSPS) is 10.0.